The monoisotopic (exact) mass is 356 g/mol. The number of carbonyl (C=O) groups excluding carboxylic acids is 3. The summed E-state index contributed by atoms with van der Waals surface area (Å²) in [4.78, 5) is 43.8. The second-order valence-electron chi connectivity index (χ2n) is 4.99. The number of nitrogens with two attached hydrogens (primary N) is 2. The number of amides is 2. The van der Waals surface area contributed by atoms with Crippen molar-refractivity contribution in [3.8, 4) is 0 Å². The highest BCUT2D eigenvalue weighted by Crippen LogP contribution is 2.07. The molecule has 0 aliphatic heterocycles. The molecular weight excluding hydrogens is 340 g/mol. The molecule has 2 amide bonds. The number of nitrogens with zero attached hydrogens (tertiary/aromatic N) is 3. The average Bonchev–Trinajstić information content (AvgIpc) is 3.14. The summed E-state index contributed by atoms with van der Waals surface area (Å²) >= 11 is 0. The molecule has 0 saturated carbocycles. The molecule has 2 aromatic heterocycles. The van der Waals surface area contributed by atoms with Crippen LogP contribution in [0.25, 0.3) is 0 Å². The van der Waals surface area contributed by atoms with E-state index in [1.165, 1.54) is 24.6 Å². The Hall–Kier alpha value is -3.82. The molecule has 2 heterocycles. The lowest BCUT2D eigenvalue weighted by Gasteiger charge is -2.15. The van der Waals surface area contributed by atoms with E-state index in [1.807, 2.05) is 0 Å². The lowest BCUT2D eigenvalue weighted by Crippen LogP contribution is -2.49. The summed E-state index contributed by atoms with van der Waals surface area (Å²) in [5.74, 6) is -2.63. The van der Waals surface area contributed by atoms with Gasteiger partial charge in [0.2, 0.25) is 5.78 Å². The molecule has 1 unspecified atom stereocenters. The van der Waals surface area contributed by atoms with Gasteiger partial charge in [0.25, 0.3) is 11.8 Å². The number of ketones is 1. The molecule has 5 N–H and O–H groups in total. The normalized spacial score (nSPS) is 12.7. The first-order chi connectivity index (χ1) is 12.5. The second-order valence-corrected chi connectivity index (χ2v) is 4.99. The maximum Gasteiger partial charge on any atom is 0.287 e. The predicted octanol–water partition coefficient (Wildman–Crippen LogP) is -0.604. The molecular formula is C16H16N6O4. The largest absolute Gasteiger partial charge is 0.405 e. The summed E-state index contributed by atoms with van der Waals surface area (Å²) in [5.41, 5.74) is 10.6. The zero-order valence-electron chi connectivity index (χ0n) is 13.5. The molecule has 0 bridgehead atoms. The second kappa shape index (κ2) is 8.87. The molecule has 10 nitrogen and oxygen atoms in total. The van der Waals surface area contributed by atoms with Crippen LogP contribution in [0.5, 0.6) is 0 Å². The topological polar surface area (TPSA) is 167 Å². The zero-order chi connectivity index (χ0) is 18.9. The molecule has 0 spiro atoms. The smallest absolute Gasteiger partial charge is 0.287 e. The van der Waals surface area contributed by atoms with Crippen LogP contribution in [0.4, 0.5) is 5.82 Å². The summed E-state index contributed by atoms with van der Waals surface area (Å²) in [6.45, 7) is 0. The van der Waals surface area contributed by atoms with E-state index < -0.39 is 23.6 Å². The van der Waals surface area contributed by atoms with Crippen LogP contribution >= 0.6 is 0 Å². The minimum Gasteiger partial charge on any atom is -0.405 e. The predicted molar refractivity (Wildman–Crippen MR) is 91.0 cm³/mol. The Morgan fingerprint density at radius 2 is 2.12 bits per heavy atom. The molecule has 2 rings (SSSR count). The SMILES string of the molecule is N/C=C\C(=N\c1ccccn1)C(=O)NC(Cc1ccon1)C(=O)C(N)=O. The molecule has 0 saturated heterocycles. The van der Waals surface area contributed by atoms with E-state index >= 15 is 0 Å². The van der Waals surface area contributed by atoms with Crippen LogP contribution in [-0.4, -0.2) is 39.5 Å². The number of rotatable bonds is 8. The van der Waals surface area contributed by atoms with E-state index in [0.29, 0.717) is 5.69 Å². The van der Waals surface area contributed by atoms with Crippen LogP contribution in [0, 0.1) is 0 Å². The minimum absolute atomic E-state index is 0.0762. The van der Waals surface area contributed by atoms with E-state index in [1.54, 1.807) is 18.2 Å². The molecule has 10 heteroatoms. The minimum atomic E-state index is -1.23. The highest BCUT2D eigenvalue weighted by atomic mass is 16.5. The number of aromatic nitrogens is 2. The molecule has 26 heavy (non-hydrogen) atoms. The Balaban J connectivity index is 2.23. The first-order valence-electron chi connectivity index (χ1n) is 7.43. The lowest BCUT2D eigenvalue weighted by atomic mass is 10.1. The van der Waals surface area contributed by atoms with Gasteiger partial charge in [-0.3, -0.25) is 14.4 Å². The van der Waals surface area contributed by atoms with E-state index in [9.17, 15) is 14.4 Å². The van der Waals surface area contributed by atoms with Crippen molar-refractivity contribution in [1.29, 1.82) is 0 Å². The lowest BCUT2D eigenvalue weighted by molar-refractivity contribution is -0.137. The summed E-state index contributed by atoms with van der Waals surface area (Å²) < 4.78 is 4.68. The number of hydrogen-bond donors (Lipinski definition) is 3. The number of Topliss-reactive ketones (excluding diaryl/α,β-unsaturated/α-hetero) is 1. The number of aliphatic imine (C=N–C) groups is 1. The van der Waals surface area contributed by atoms with Crippen LogP contribution in [0.15, 0.2) is 58.5 Å². The summed E-state index contributed by atoms with van der Waals surface area (Å²) in [7, 11) is 0. The third-order valence-electron chi connectivity index (χ3n) is 3.14. The van der Waals surface area contributed by atoms with Gasteiger partial charge in [0, 0.05) is 18.7 Å². The molecule has 0 aliphatic carbocycles. The van der Waals surface area contributed by atoms with Crippen LogP contribution in [0.3, 0.4) is 0 Å². The van der Waals surface area contributed by atoms with Gasteiger partial charge in [0.05, 0.1) is 5.69 Å². The van der Waals surface area contributed by atoms with Crippen molar-refractivity contribution in [3.63, 3.8) is 0 Å². The van der Waals surface area contributed by atoms with Crippen molar-refractivity contribution in [2.75, 3.05) is 0 Å². The molecule has 2 aromatic rings. The first kappa shape index (κ1) is 18.5. The van der Waals surface area contributed by atoms with Crippen molar-refractivity contribution in [1.82, 2.24) is 15.5 Å². The Bertz CT molecular complexity index is 830. The number of primary amides is 1. The fourth-order valence-corrected chi connectivity index (χ4v) is 1.96. The van der Waals surface area contributed by atoms with Crippen molar-refractivity contribution in [2.24, 2.45) is 16.5 Å². The van der Waals surface area contributed by atoms with E-state index in [4.69, 9.17) is 11.5 Å². The number of nitrogens with one attached hydrogen (secondary N) is 1. The van der Waals surface area contributed by atoms with Gasteiger partial charge in [-0.1, -0.05) is 11.2 Å². The third kappa shape index (κ3) is 5.09. The highest BCUT2D eigenvalue weighted by Gasteiger charge is 2.27. The van der Waals surface area contributed by atoms with Gasteiger partial charge in [0.1, 0.15) is 18.0 Å². The maximum atomic E-state index is 12.5. The molecule has 1 atom stereocenters. The summed E-state index contributed by atoms with van der Waals surface area (Å²) in [6.07, 6.45) is 5.08. The van der Waals surface area contributed by atoms with Crippen molar-refractivity contribution >= 4 is 29.1 Å². The van der Waals surface area contributed by atoms with Crippen molar-refractivity contribution in [2.45, 2.75) is 12.5 Å². The van der Waals surface area contributed by atoms with Gasteiger partial charge in [-0.25, -0.2) is 9.98 Å². The summed E-state index contributed by atoms with van der Waals surface area (Å²) in [6, 6.07) is 5.23. The number of carbonyl (C=O) groups is 3. The van der Waals surface area contributed by atoms with Gasteiger partial charge in [0.15, 0.2) is 5.82 Å². The molecule has 0 radical (unpaired) electrons. The fourth-order valence-electron chi connectivity index (χ4n) is 1.96. The molecule has 134 valence electrons. The quantitative estimate of drug-likeness (QED) is 0.419. The van der Waals surface area contributed by atoms with E-state index in [2.05, 4.69) is 25.0 Å². The van der Waals surface area contributed by atoms with Crippen molar-refractivity contribution < 1.29 is 18.9 Å². The van der Waals surface area contributed by atoms with Gasteiger partial charge in [-0.2, -0.15) is 0 Å². The van der Waals surface area contributed by atoms with Crippen LogP contribution in [0.2, 0.25) is 0 Å². The Morgan fingerprint density at radius 1 is 1.31 bits per heavy atom. The number of hydrogen-bond acceptors (Lipinski definition) is 8. The molecule has 0 fully saturated rings. The fraction of sp³-hybridized carbons (Fsp3) is 0.125. The van der Waals surface area contributed by atoms with Gasteiger partial charge >= 0.3 is 0 Å². The highest BCUT2D eigenvalue weighted by molar-refractivity contribution is 6.45. The van der Waals surface area contributed by atoms with Gasteiger partial charge in [-0.05, 0) is 24.4 Å². The Labute approximate surface area is 148 Å². The van der Waals surface area contributed by atoms with Crippen LogP contribution in [-0.2, 0) is 20.8 Å². The van der Waals surface area contributed by atoms with Crippen molar-refractivity contribution in [3.05, 3.63) is 54.7 Å². The van der Waals surface area contributed by atoms with Gasteiger partial charge in [-0.15, -0.1) is 0 Å². The Morgan fingerprint density at radius 3 is 2.69 bits per heavy atom. The van der Waals surface area contributed by atoms with E-state index in [-0.39, 0.29) is 18.0 Å². The van der Waals surface area contributed by atoms with E-state index in [0.717, 1.165) is 6.20 Å². The standard InChI is InChI=1S/C16H16N6O4/c17-6-4-11(20-13-3-1-2-7-19-13)16(25)21-12(14(23)15(18)24)9-10-5-8-26-22-10/h1-8,12H,9,17H2,(H2,18,24)(H,21,25)/b6-4-,20-11-. The number of pyridine rings is 1. The molecule has 0 aromatic carbocycles. The van der Waals surface area contributed by atoms with Gasteiger partial charge < -0.3 is 21.3 Å². The first-order valence-corrected chi connectivity index (χ1v) is 7.43. The molecule has 0 aliphatic rings. The van der Waals surface area contributed by atoms with Crippen LogP contribution in [0.1, 0.15) is 5.69 Å². The average molecular weight is 356 g/mol. The Kier molecular flexibility index (Phi) is 6.32. The summed E-state index contributed by atoms with van der Waals surface area (Å²) in [5, 5.41) is 6.05. The maximum absolute atomic E-state index is 12.5. The zero-order valence-corrected chi connectivity index (χ0v) is 13.5. The third-order valence-corrected chi connectivity index (χ3v) is 3.14. The van der Waals surface area contributed by atoms with Crippen LogP contribution < -0.4 is 16.8 Å².